The van der Waals surface area contributed by atoms with E-state index in [0.29, 0.717) is 21.1 Å². The molecule has 0 saturated carbocycles. The standard InChI is InChI=1S/C14H9Br3N2O/c15-10-2-1-9(6-18)13(5-10)19-7-8-3-11(16)14(20)12(17)4-8/h1-5,19-20H,7H2. The molecule has 6 heteroatoms. The summed E-state index contributed by atoms with van der Waals surface area (Å²) in [7, 11) is 0. The van der Waals surface area contributed by atoms with Crippen LogP contribution < -0.4 is 5.32 Å². The highest BCUT2D eigenvalue weighted by atomic mass is 79.9. The number of halogens is 3. The summed E-state index contributed by atoms with van der Waals surface area (Å²) in [6, 6.07) is 11.3. The average Bonchev–Trinajstić information content (AvgIpc) is 2.42. The number of benzene rings is 2. The molecule has 0 radical (unpaired) electrons. The van der Waals surface area contributed by atoms with E-state index in [1.807, 2.05) is 24.3 Å². The monoisotopic (exact) mass is 458 g/mol. The first-order chi connectivity index (χ1) is 9.51. The summed E-state index contributed by atoms with van der Waals surface area (Å²) in [6.07, 6.45) is 0. The molecule has 0 aromatic heterocycles. The summed E-state index contributed by atoms with van der Waals surface area (Å²) in [6.45, 7) is 0.544. The van der Waals surface area contributed by atoms with Crippen molar-refractivity contribution >= 4 is 53.5 Å². The molecule has 0 amide bonds. The van der Waals surface area contributed by atoms with Gasteiger partial charge in [0.05, 0.1) is 20.2 Å². The van der Waals surface area contributed by atoms with Gasteiger partial charge in [-0.3, -0.25) is 0 Å². The van der Waals surface area contributed by atoms with E-state index in [9.17, 15) is 5.11 Å². The fraction of sp³-hybridized carbons (Fsp3) is 0.0714. The normalized spacial score (nSPS) is 10.1. The minimum Gasteiger partial charge on any atom is -0.506 e. The first-order valence-electron chi connectivity index (χ1n) is 5.61. The number of nitrogens with zero attached hydrogens (tertiary/aromatic N) is 1. The zero-order valence-corrected chi connectivity index (χ0v) is 14.9. The molecule has 0 aliphatic rings. The Labute approximate surface area is 142 Å². The number of phenols is 1. The van der Waals surface area contributed by atoms with Crippen molar-refractivity contribution < 1.29 is 5.11 Å². The third-order valence-electron chi connectivity index (χ3n) is 2.66. The van der Waals surface area contributed by atoms with Crippen molar-refractivity contribution in [1.82, 2.24) is 0 Å². The highest BCUT2D eigenvalue weighted by Gasteiger charge is 2.07. The largest absolute Gasteiger partial charge is 0.506 e. The Bertz CT molecular complexity index is 672. The Balaban J connectivity index is 2.21. The van der Waals surface area contributed by atoms with Gasteiger partial charge in [0.25, 0.3) is 0 Å². The second-order valence-corrected chi connectivity index (χ2v) is 6.69. The van der Waals surface area contributed by atoms with Crippen molar-refractivity contribution in [3.05, 3.63) is 54.9 Å². The molecule has 0 heterocycles. The van der Waals surface area contributed by atoms with Crippen LogP contribution in [-0.4, -0.2) is 5.11 Å². The van der Waals surface area contributed by atoms with Gasteiger partial charge in [0.1, 0.15) is 11.8 Å². The van der Waals surface area contributed by atoms with Gasteiger partial charge < -0.3 is 10.4 Å². The molecular formula is C14H9Br3N2O. The molecule has 0 bridgehead atoms. The summed E-state index contributed by atoms with van der Waals surface area (Å²) in [4.78, 5) is 0. The van der Waals surface area contributed by atoms with Gasteiger partial charge in [-0.05, 0) is 67.8 Å². The number of nitrogens with one attached hydrogen (secondary N) is 1. The Morgan fingerprint density at radius 2 is 1.75 bits per heavy atom. The predicted molar refractivity (Wildman–Crippen MR) is 89.7 cm³/mol. The molecule has 0 atom stereocenters. The quantitative estimate of drug-likeness (QED) is 0.665. The number of nitriles is 1. The second kappa shape index (κ2) is 6.61. The van der Waals surface area contributed by atoms with E-state index in [0.717, 1.165) is 15.7 Å². The van der Waals surface area contributed by atoms with Crippen molar-refractivity contribution in [3.8, 4) is 11.8 Å². The summed E-state index contributed by atoms with van der Waals surface area (Å²) in [5.41, 5.74) is 2.33. The minimum absolute atomic E-state index is 0.175. The van der Waals surface area contributed by atoms with Crippen LogP contribution in [0.15, 0.2) is 43.7 Å². The number of phenolic OH excluding ortho intramolecular Hbond substituents is 1. The van der Waals surface area contributed by atoms with E-state index in [4.69, 9.17) is 5.26 Å². The van der Waals surface area contributed by atoms with Crippen LogP contribution in [0.3, 0.4) is 0 Å². The number of hydrogen-bond acceptors (Lipinski definition) is 3. The molecule has 0 unspecified atom stereocenters. The molecule has 102 valence electrons. The average molecular weight is 461 g/mol. The fourth-order valence-corrected chi connectivity index (χ4v) is 3.32. The maximum atomic E-state index is 9.67. The van der Waals surface area contributed by atoms with Crippen LogP contribution in [0.5, 0.6) is 5.75 Å². The van der Waals surface area contributed by atoms with Crippen LogP contribution in [0, 0.1) is 11.3 Å². The molecule has 3 nitrogen and oxygen atoms in total. The van der Waals surface area contributed by atoms with E-state index in [2.05, 4.69) is 59.2 Å². The van der Waals surface area contributed by atoms with Crippen molar-refractivity contribution in [2.45, 2.75) is 6.54 Å². The SMILES string of the molecule is N#Cc1ccc(Br)cc1NCc1cc(Br)c(O)c(Br)c1. The second-order valence-electron chi connectivity index (χ2n) is 4.06. The Hall–Kier alpha value is -1.03. The molecule has 2 aromatic carbocycles. The molecule has 2 aromatic rings. The lowest BCUT2D eigenvalue weighted by Gasteiger charge is -2.10. The van der Waals surface area contributed by atoms with Crippen molar-refractivity contribution in [1.29, 1.82) is 5.26 Å². The third-order valence-corrected chi connectivity index (χ3v) is 4.36. The van der Waals surface area contributed by atoms with E-state index in [1.54, 1.807) is 6.07 Å². The van der Waals surface area contributed by atoms with Gasteiger partial charge in [-0.1, -0.05) is 15.9 Å². The van der Waals surface area contributed by atoms with Crippen molar-refractivity contribution in [2.24, 2.45) is 0 Å². The lowest BCUT2D eigenvalue weighted by atomic mass is 10.1. The zero-order chi connectivity index (χ0) is 14.7. The number of anilines is 1. The van der Waals surface area contributed by atoms with Crippen LogP contribution in [0.1, 0.15) is 11.1 Å². The van der Waals surface area contributed by atoms with Gasteiger partial charge in [0, 0.05) is 11.0 Å². The molecule has 0 saturated heterocycles. The van der Waals surface area contributed by atoms with E-state index in [1.165, 1.54) is 0 Å². The predicted octanol–water partition coefficient (Wildman–Crippen LogP) is 5.16. The molecule has 0 fully saturated rings. The molecule has 0 aliphatic carbocycles. The topological polar surface area (TPSA) is 56.0 Å². The number of rotatable bonds is 3. The first-order valence-corrected chi connectivity index (χ1v) is 7.99. The molecule has 20 heavy (non-hydrogen) atoms. The van der Waals surface area contributed by atoms with E-state index >= 15 is 0 Å². The lowest BCUT2D eigenvalue weighted by molar-refractivity contribution is 0.468. The summed E-state index contributed by atoms with van der Waals surface area (Å²) >= 11 is 9.98. The highest BCUT2D eigenvalue weighted by molar-refractivity contribution is 9.11. The molecular weight excluding hydrogens is 452 g/mol. The summed E-state index contributed by atoms with van der Waals surface area (Å²) < 4.78 is 2.16. The van der Waals surface area contributed by atoms with Crippen LogP contribution in [0.4, 0.5) is 5.69 Å². The van der Waals surface area contributed by atoms with E-state index in [-0.39, 0.29) is 5.75 Å². The smallest absolute Gasteiger partial charge is 0.143 e. The maximum Gasteiger partial charge on any atom is 0.143 e. The molecule has 2 rings (SSSR count). The lowest BCUT2D eigenvalue weighted by Crippen LogP contribution is -2.01. The van der Waals surface area contributed by atoms with Gasteiger partial charge in [0.2, 0.25) is 0 Å². The van der Waals surface area contributed by atoms with Gasteiger partial charge in [-0.2, -0.15) is 5.26 Å². The number of hydrogen-bond donors (Lipinski definition) is 2. The fourth-order valence-electron chi connectivity index (χ4n) is 1.68. The van der Waals surface area contributed by atoms with Crippen LogP contribution >= 0.6 is 47.8 Å². The summed E-state index contributed by atoms with van der Waals surface area (Å²) in [5.74, 6) is 0.175. The Kier molecular flexibility index (Phi) is 5.08. The minimum atomic E-state index is 0.175. The Morgan fingerprint density at radius 3 is 2.35 bits per heavy atom. The molecule has 0 spiro atoms. The maximum absolute atomic E-state index is 9.67. The van der Waals surface area contributed by atoms with Crippen LogP contribution in [0.2, 0.25) is 0 Å². The van der Waals surface area contributed by atoms with Crippen LogP contribution in [-0.2, 0) is 6.54 Å². The van der Waals surface area contributed by atoms with E-state index < -0.39 is 0 Å². The zero-order valence-electron chi connectivity index (χ0n) is 10.1. The highest BCUT2D eigenvalue weighted by Crippen LogP contribution is 2.33. The van der Waals surface area contributed by atoms with Gasteiger partial charge in [-0.25, -0.2) is 0 Å². The summed E-state index contributed by atoms with van der Waals surface area (Å²) in [5, 5.41) is 22.0. The van der Waals surface area contributed by atoms with Gasteiger partial charge in [-0.15, -0.1) is 0 Å². The molecule has 2 N–H and O–H groups in total. The van der Waals surface area contributed by atoms with Gasteiger partial charge >= 0.3 is 0 Å². The third kappa shape index (κ3) is 3.54. The van der Waals surface area contributed by atoms with Crippen molar-refractivity contribution in [2.75, 3.05) is 5.32 Å². The Morgan fingerprint density at radius 1 is 1.10 bits per heavy atom. The van der Waals surface area contributed by atoms with Crippen LogP contribution in [0.25, 0.3) is 0 Å². The van der Waals surface area contributed by atoms with Gasteiger partial charge in [0.15, 0.2) is 0 Å². The molecule has 0 aliphatic heterocycles. The first kappa shape index (κ1) is 15.4. The van der Waals surface area contributed by atoms with Crippen molar-refractivity contribution in [3.63, 3.8) is 0 Å². The number of aromatic hydroxyl groups is 1.